The zero-order valence-corrected chi connectivity index (χ0v) is 14.9. The van der Waals surface area contributed by atoms with Crippen LogP contribution in [0.4, 0.5) is 0 Å². The Balaban J connectivity index is 2.36. The molecular weight excluding hydrogens is 364 g/mol. The molecule has 140 valence electrons. The largest absolute Gasteiger partial charge is 0.508 e. The summed E-state index contributed by atoms with van der Waals surface area (Å²) in [7, 11) is 0. The lowest BCUT2D eigenvalue weighted by Gasteiger charge is -2.18. The van der Waals surface area contributed by atoms with Crippen LogP contribution in [-0.2, 0) is 25.5 Å². The normalized spacial score (nSPS) is 23.2. The van der Waals surface area contributed by atoms with Crippen molar-refractivity contribution in [2.75, 3.05) is 0 Å². The highest BCUT2D eigenvalue weighted by atomic mass is 35.5. The summed E-state index contributed by atoms with van der Waals surface area (Å²) in [6.45, 7) is 1.56. The Morgan fingerprint density at radius 2 is 1.77 bits per heavy atom. The van der Waals surface area contributed by atoms with Gasteiger partial charge in [-0.25, -0.2) is 4.79 Å². The highest BCUT2D eigenvalue weighted by molar-refractivity contribution is 6.64. The molecule has 1 aromatic rings. The number of phenolic OH excluding ortho intramolecular Hbond substituents is 2. The van der Waals surface area contributed by atoms with E-state index < -0.39 is 40.5 Å². The molecular formula is C18H19ClO7. The van der Waals surface area contributed by atoms with Crippen LogP contribution >= 0.6 is 11.6 Å². The molecule has 0 aliphatic carbocycles. The van der Waals surface area contributed by atoms with E-state index in [0.717, 1.165) is 6.07 Å². The van der Waals surface area contributed by atoms with Crippen molar-refractivity contribution in [3.05, 3.63) is 23.3 Å². The minimum atomic E-state index is -1.09. The summed E-state index contributed by atoms with van der Waals surface area (Å²) in [6, 6.07) is 2.31. The Morgan fingerprint density at radius 3 is 2.46 bits per heavy atom. The van der Waals surface area contributed by atoms with Gasteiger partial charge in [0.1, 0.15) is 23.2 Å². The topological polar surface area (TPSA) is 118 Å². The molecule has 8 heteroatoms. The van der Waals surface area contributed by atoms with Gasteiger partial charge in [-0.2, -0.15) is 0 Å². The first kappa shape index (κ1) is 19.9. The molecule has 1 heterocycles. The first-order valence-electron chi connectivity index (χ1n) is 8.19. The summed E-state index contributed by atoms with van der Waals surface area (Å²) in [5.74, 6) is -4.25. The number of benzene rings is 1. The third kappa shape index (κ3) is 4.82. The van der Waals surface area contributed by atoms with Crippen LogP contribution in [0.2, 0.25) is 0 Å². The molecule has 1 aliphatic rings. The summed E-state index contributed by atoms with van der Waals surface area (Å²) >= 11 is 6.03. The average Bonchev–Trinajstić information content (AvgIpc) is 2.51. The minimum absolute atomic E-state index is 0.0919. The number of alkyl halides is 1. The van der Waals surface area contributed by atoms with Crippen LogP contribution in [0.25, 0.3) is 0 Å². The number of carbonyl (C=O) groups excluding carboxylic acids is 4. The molecule has 1 unspecified atom stereocenters. The predicted molar refractivity (Wildman–Crippen MR) is 91.5 cm³/mol. The van der Waals surface area contributed by atoms with Crippen molar-refractivity contribution in [2.45, 2.75) is 50.5 Å². The molecule has 1 aromatic carbocycles. The second-order valence-electron chi connectivity index (χ2n) is 6.28. The molecule has 0 amide bonds. The number of aryl methyl sites for hydroxylation is 1. The Bertz CT molecular complexity index is 756. The summed E-state index contributed by atoms with van der Waals surface area (Å²) in [4.78, 5) is 47.9. The Labute approximate surface area is 154 Å². The highest BCUT2D eigenvalue weighted by Crippen LogP contribution is 2.30. The van der Waals surface area contributed by atoms with Crippen LogP contribution in [0.3, 0.4) is 0 Å². The summed E-state index contributed by atoms with van der Waals surface area (Å²) in [6.07, 6.45) is -0.822. The maximum atomic E-state index is 12.4. The highest BCUT2D eigenvalue weighted by Gasteiger charge is 2.28. The van der Waals surface area contributed by atoms with Gasteiger partial charge < -0.3 is 14.9 Å². The monoisotopic (exact) mass is 382 g/mol. The third-order valence-electron chi connectivity index (χ3n) is 4.05. The zero-order chi connectivity index (χ0) is 19.4. The molecule has 7 nitrogen and oxygen atoms in total. The van der Waals surface area contributed by atoms with Crippen LogP contribution in [0, 0.1) is 0 Å². The van der Waals surface area contributed by atoms with Gasteiger partial charge in [0, 0.05) is 30.7 Å². The second kappa shape index (κ2) is 8.31. The van der Waals surface area contributed by atoms with Gasteiger partial charge in [-0.15, -0.1) is 11.6 Å². The number of carbonyl (C=O) groups is 4. The number of phenols is 2. The van der Waals surface area contributed by atoms with Crippen LogP contribution in [0.5, 0.6) is 11.5 Å². The molecule has 2 rings (SSSR count). The number of ether oxygens (including phenoxy) is 1. The number of hydrogen-bond acceptors (Lipinski definition) is 7. The number of aromatic hydroxyl groups is 2. The molecule has 26 heavy (non-hydrogen) atoms. The molecule has 0 radical (unpaired) electrons. The van der Waals surface area contributed by atoms with Crippen molar-refractivity contribution in [1.29, 1.82) is 0 Å². The molecule has 0 bridgehead atoms. The van der Waals surface area contributed by atoms with Gasteiger partial charge in [0.05, 0.1) is 0 Å². The van der Waals surface area contributed by atoms with E-state index in [4.69, 9.17) is 16.3 Å². The number of cyclic esters (lactones) is 1. The van der Waals surface area contributed by atoms with E-state index in [2.05, 4.69) is 0 Å². The number of fused-ring (bicyclic) bond motifs is 1. The first-order valence-corrected chi connectivity index (χ1v) is 8.63. The van der Waals surface area contributed by atoms with Gasteiger partial charge in [0.2, 0.25) is 11.6 Å². The van der Waals surface area contributed by atoms with E-state index in [1.54, 1.807) is 6.92 Å². The van der Waals surface area contributed by atoms with Gasteiger partial charge in [0.25, 0.3) is 5.78 Å². The van der Waals surface area contributed by atoms with Gasteiger partial charge in [-0.1, -0.05) is 0 Å². The average molecular weight is 383 g/mol. The Hall–Kier alpha value is -2.41. The fraction of sp³-hybridized carbons (Fsp3) is 0.444. The minimum Gasteiger partial charge on any atom is -0.508 e. The smallest absolute Gasteiger partial charge is 0.342 e. The predicted octanol–water partition coefficient (Wildman–Crippen LogP) is 2.07. The van der Waals surface area contributed by atoms with E-state index in [0.29, 0.717) is 0 Å². The fourth-order valence-electron chi connectivity index (χ4n) is 2.84. The van der Waals surface area contributed by atoms with Gasteiger partial charge in [-0.05, 0) is 31.4 Å². The number of hydrogen-bond donors (Lipinski definition) is 2. The lowest BCUT2D eigenvalue weighted by molar-refractivity contribution is -0.144. The van der Waals surface area contributed by atoms with Crippen molar-refractivity contribution in [3.63, 3.8) is 0 Å². The van der Waals surface area contributed by atoms with Crippen molar-refractivity contribution < 1.29 is 34.1 Å². The van der Waals surface area contributed by atoms with Crippen LogP contribution in [-0.4, -0.2) is 45.0 Å². The number of esters is 1. The first-order chi connectivity index (χ1) is 12.2. The van der Waals surface area contributed by atoms with Crippen molar-refractivity contribution in [1.82, 2.24) is 0 Å². The van der Waals surface area contributed by atoms with Crippen molar-refractivity contribution in [3.8, 4) is 11.5 Å². The van der Waals surface area contributed by atoms with Crippen LogP contribution in [0.15, 0.2) is 12.1 Å². The number of ketones is 3. The van der Waals surface area contributed by atoms with Gasteiger partial charge in [0.15, 0.2) is 0 Å². The maximum Gasteiger partial charge on any atom is 0.342 e. The molecule has 1 aliphatic heterocycles. The second-order valence-corrected chi connectivity index (χ2v) is 6.90. The fourth-order valence-corrected chi connectivity index (χ4v) is 3.23. The van der Waals surface area contributed by atoms with Crippen molar-refractivity contribution >= 4 is 34.9 Å². The van der Waals surface area contributed by atoms with E-state index >= 15 is 0 Å². The number of Topliss-reactive ketones (excluding diaryl/α,β-unsaturated/α-hetero) is 3. The van der Waals surface area contributed by atoms with Crippen LogP contribution < -0.4 is 0 Å². The van der Waals surface area contributed by atoms with E-state index in [1.165, 1.54) is 6.07 Å². The molecule has 0 saturated heterocycles. The summed E-state index contributed by atoms with van der Waals surface area (Å²) < 4.78 is 5.27. The molecule has 0 fully saturated rings. The molecule has 2 N–H and O–H groups in total. The quantitative estimate of drug-likeness (QED) is 0.400. The Morgan fingerprint density at radius 1 is 1.08 bits per heavy atom. The molecule has 2 atom stereocenters. The maximum absolute atomic E-state index is 12.4. The zero-order valence-electron chi connectivity index (χ0n) is 14.2. The lowest BCUT2D eigenvalue weighted by atomic mass is 9.97. The van der Waals surface area contributed by atoms with E-state index in [-0.39, 0.29) is 49.0 Å². The number of rotatable bonds is 0. The van der Waals surface area contributed by atoms with E-state index in [9.17, 15) is 29.4 Å². The summed E-state index contributed by atoms with van der Waals surface area (Å²) in [5.41, 5.74) is 0.179. The molecule has 0 spiro atoms. The lowest BCUT2D eigenvalue weighted by Crippen LogP contribution is -2.28. The van der Waals surface area contributed by atoms with Crippen LogP contribution in [0.1, 0.15) is 48.5 Å². The Kier molecular flexibility index (Phi) is 6.37. The number of halogens is 1. The molecule has 0 saturated carbocycles. The van der Waals surface area contributed by atoms with Gasteiger partial charge >= 0.3 is 5.97 Å². The SMILES string of the molecule is C[C@H]1CC(Cl)CC(=O)C(=O)C(=O)CCCc2cc(O)cc(O)c2C(=O)O1. The van der Waals surface area contributed by atoms with Crippen molar-refractivity contribution in [2.24, 2.45) is 0 Å². The summed E-state index contributed by atoms with van der Waals surface area (Å²) in [5, 5.41) is 18.9. The molecule has 0 aromatic heterocycles. The standard InChI is InChI=1S/C18H19ClO7/c1-9-5-11(19)7-15(23)17(24)13(21)4-2-3-10-6-12(20)8-14(22)16(10)18(25)26-9/h6,8-9,11,20,22H,2-5,7H2,1H3/t9-,11?/m0/s1. The van der Waals surface area contributed by atoms with E-state index in [1.807, 2.05) is 0 Å². The third-order valence-corrected chi connectivity index (χ3v) is 4.38. The van der Waals surface area contributed by atoms with Gasteiger partial charge in [-0.3, -0.25) is 14.4 Å².